The third kappa shape index (κ3) is 181. The molecule has 0 rings (SSSR count). The van der Waals surface area contributed by atoms with E-state index in [0.717, 1.165) is 6.92 Å². The van der Waals surface area contributed by atoms with Crippen molar-refractivity contribution in [1.29, 1.82) is 0 Å². The number of alkyl halides is 21. The maximum absolute atomic E-state index is 11.9. The van der Waals surface area contributed by atoms with Gasteiger partial charge >= 0.3 is 12.2 Å². The third-order valence-electron chi connectivity index (χ3n) is 2.66. The van der Waals surface area contributed by atoms with Gasteiger partial charge in [0.15, 0.2) is 40.6 Å². The quantitative estimate of drug-likeness (QED) is 0.106. The van der Waals surface area contributed by atoms with Gasteiger partial charge in [0.25, 0.3) is 12.0 Å². The van der Waals surface area contributed by atoms with Gasteiger partial charge in [-0.05, 0) is 26.4 Å². The monoisotopic (exact) mass is 1620 g/mol. The van der Waals surface area contributed by atoms with Crippen LogP contribution in [0.25, 0.3) is 0 Å². The summed E-state index contributed by atoms with van der Waals surface area (Å²) in [5.41, 5.74) is 0. The summed E-state index contributed by atoms with van der Waals surface area (Å²) in [6.07, 6.45) is -19.6. The molecule has 0 N–H and O–H groups in total. The molecule has 0 saturated carbocycles. The molecule has 7 radical (unpaired) electrons. The smallest absolute Gasteiger partial charge is 0.386 e. The largest absolute Gasteiger partial charge is 0.531 e. The van der Waals surface area contributed by atoms with Gasteiger partial charge in [-0.25, -0.2) is 73.8 Å². The average molecular weight is 1620 g/mol. The third-order valence-corrected chi connectivity index (χ3v) is 2.66. The van der Waals surface area contributed by atoms with Gasteiger partial charge in [0.2, 0.25) is 6.11 Å². The molecule has 0 amide bonds. The van der Waals surface area contributed by atoms with E-state index in [1.165, 1.54) is 13.8 Å². The van der Waals surface area contributed by atoms with Gasteiger partial charge in [-0.1, -0.05) is 4.53 Å². The Morgan fingerprint density at radius 2 is 0.812 bits per heavy atom. The molecule has 0 aromatic carbocycles. The number of halogens is 25. The molecule has 0 atom stereocenters. The molecule has 0 aromatic rings. The molecule has 0 aromatic heterocycles. The van der Waals surface area contributed by atoms with Crippen molar-refractivity contribution in [2.24, 2.45) is 0 Å². The maximum Gasteiger partial charge on any atom is 0.386 e. The van der Waals surface area contributed by atoms with E-state index in [9.17, 15) is 110 Å². The number of hydrogen-bond acceptors (Lipinski definition) is 7. The molecule has 0 aliphatic carbocycles. The van der Waals surface area contributed by atoms with Crippen molar-refractivity contribution in [2.45, 2.75) is 65.0 Å². The standard InChI is InChI=1S/C5H7F4O.C4H7F2O.C3H4F4O.C3H4F3O.C3H5F3.C3H5F2O.C2H2F3O.C2H4FO.C2H5.3CH3F.7Y/c1-2-10-5(8,9)4(7)3-6;1-3-7-4(2,5)6;4-1-3(6,7)8-2-5;1-7-3(5,6)2-4;1-3(5,6)2-4;1-3(5)6-2-4;3-1-2(4)6-5;1-4-2-3;4*1-2;;;;;;;/h2-3H2,1H3;2-3H2,1H3;1-2H2;1-2H2;2*2H2,1H3;1H2;1-2H2;1H2,2H3;3*1H3;;;;;;;/q2*-1;;-1;;4*-1;;;;;;;;;;. The van der Waals surface area contributed by atoms with E-state index in [1.54, 1.807) is 6.92 Å². The van der Waals surface area contributed by atoms with E-state index >= 15 is 0 Å². The predicted molar refractivity (Wildman–Crippen MR) is 175 cm³/mol. The van der Waals surface area contributed by atoms with E-state index in [-0.39, 0.29) is 242 Å². The van der Waals surface area contributed by atoms with Crippen LogP contribution in [0.2, 0.25) is 0 Å². The van der Waals surface area contributed by atoms with Gasteiger partial charge in [-0.15, -0.1) is 6.92 Å². The summed E-state index contributed by atoms with van der Waals surface area (Å²) in [5, 5.41) is 0. The summed E-state index contributed by atoms with van der Waals surface area (Å²) in [4.78, 5) is 2.27. The summed E-state index contributed by atoms with van der Waals surface area (Å²) in [5.74, 6) is -3.12. The molecule has 0 aliphatic heterocycles. The fourth-order valence-electron chi connectivity index (χ4n) is 0.801. The maximum atomic E-state index is 11.9. The predicted octanol–water partition coefficient (Wildman–Crippen LogP) is 14.0. The Bertz CT molecular complexity index is 724. The molecule has 7 nitrogen and oxygen atoms in total. The number of ether oxygens (including phenoxy) is 6. The van der Waals surface area contributed by atoms with Crippen LogP contribution in [0.1, 0.15) is 34.6 Å². The van der Waals surface area contributed by atoms with Crippen LogP contribution < -0.4 is 0 Å². The number of hydrogen-bond donors (Lipinski definition) is 0. The minimum absolute atomic E-state index is 0. The first-order valence-electron chi connectivity index (χ1n) is 14.6. The fraction of sp³-hybridized carbons (Fsp3) is 0.767. The van der Waals surface area contributed by atoms with Crippen LogP contribution in [-0.2, 0) is 262 Å². The molecular weight excluding hydrogens is 1570 g/mol. The first-order valence-corrected chi connectivity index (χ1v) is 14.6. The molecule has 0 saturated heterocycles. The van der Waals surface area contributed by atoms with Crippen LogP contribution in [0.4, 0.5) is 110 Å². The van der Waals surface area contributed by atoms with Gasteiger partial charge in [0, 0.05) is 269 Å². The van der Waals surface area contributed by atoms with Crippen molar-refractivity contribution in [1.82, 2.24) is 0 Å². The summed E-state index contributed by atoms with van der Waals surface area (Å²) in [7, 11) is 6.57. The Labute approximate surface area is 564 Å². The topological polar surface area (TPSA) is 64.6 Å². The molecule has 0 fully saturated rings. The van der Waals surface area contributed by atoms with Gasteiger partial charge in [0.1, 0.15) is 0 Å². The zero-order valence-corrected chi connectivity index (χ0v) is 58.1. The molecule has 0 spiro atoms. The van der Waals surface area contributed by atoms with Gasteiger partial charge in [0.05, 0.1) is 21.5 Å². The van der Waals surface area contributed by atoms with Crippen LogP contribution in [0, 0.1) is 47.0 Å². The van der Waals surface area contributed by atoms with Crippen molar-refractivity contribution < 1.29 is 372 Å². The van der Waals surface area contributed by atoms with Crippen LogP contribution >= 0.6 is 0 Å². The Morgan fingerprint density at radius 3 is 0.870 bits per heavy atom. The number of rotatable bonds is 17. The molecule has 0 bridgehead atoms. The Balaban J connectivity index is -0.0000000237. The average Bonchev–Trinajstić information content (AvgIpc) is 3.23. The van der Waals surface area contributed by atoms with E-state index in [1.807, 2.05) is 0 Å². The van der Waals surface area contributed by atoms with Crippen LogP contribution in [0.15, 0.2) is 0 Å². The second-order valence-corrected chi connectivity index (χ2v) is 7.31. The van der Waals surface area contributed by atoms with Crippen molar-refractivity contribution in [3.63, 3.8) is 0 Å². The van der Waals surface area contributed by atoms with Crippen molar-refractivity contribution in [3.8, 4) is 0 Å². The molecule has 0 aliphatic rings. The Morgan fingerprint density at radius 1 is 0.507 bits per heavy atom. The summed E-state index contributed by atoms with van der Waals surface area (Å²) >= 11 is 0. The zero-order chi connectivity index (χ0) is 53.3. The van der Waals surface area contributed by atoms with Crippen molar-refractivity contribution >= 4 is 0 Å². The second kappa shape index (κ2) is 102. The van der Waals surface area contributed by atoms with Crippen LogP contribution in [0.3, 0.4) is 0 Å². The van der Waals surface area contributed by atoms with Crippen LogP contribution in [-0.4, -0.2) is 119 Å². The molecule has 0 unspecified atom stereocenters. The molecule has 0 heterocycles. The Kier molecular flexibility index (Phi) is 194. The van der Waals surface area contributed by atoms with E-state index < -0.39 is 103 Å². The van der Waals surface area contributed by atoms with E-state index in [2.05, 4.69) is 61.4 Å². The first kappa shape index (κ1) is 131. The van der Waals surface area contributed by atoms with Crippen LogP contribution in [0.5, 0.6) is 0 Å². The molecule has 417 valence electrons. The normalized spacial score (nSPS) is 9.22. The minimum atomic E-state index is -4.07. The Hall–Kier alpha value is 5.70. The second-order valence-electron chi connectivity index (χ2n) is 7.31. The SMILES string of the molecule is CC(F)(F)CF.CCOC(F)(F)[C-](F)CF.CF.CF.CF.C[C-](F)OCF.FCOC(F)(F)CF.FC[C-](F)OF.[CH2-]C.[CH2-]C(F)(F)OCC.[CH2-]OC(F)(F)CF.[CH2-]OCF.[Y].[Y].[Y].[Y].[Y].[Y].[Y]. The summed E-state index contributed by atoms with van der Waals surface area (Å²) < 4.78 is 293. The molecule has 69 heavy (non-hydrogen) atoms. The van der Waals surface area contributed by atoms with Gasteiger partial charge in [-0.2, -0.15) is 24.5 Å². The summed E-state index contributed by atoms with van der Waals surface area (Å²) in [6, 6.07) is 0. The summed E-state index contributed by atoms with van der Waals surface area (Å²) in [6.45, 7) is -0.882. The molecule has 39 heteroatoms. The minimum Gasteiger partial charge on any atom is -0.531 e. The van der Waals surface area contributed by atoms with Gasteiger partial charge in [-0.3, -0.25) is 26.7 Å². The van der Waals surface area contributed by atoms with Crippen molar-refractivity contribution in [3.05, 3.63) is 47.0 Å². The zero-order valence-electron chi connectivity index (χ0n) is 38.2. The van der Waals surface area contributed by atoms with E-state index in [0.29, 0.717) is 28.5 Å². The first-order chi connectivity index (χ1) is 28.4. The van der Waals surface area contributed by atoms with Crippen molar-refractivity contribution in [2.75, 3.05) is 88.7 Å². The van der Waals surface area contributed by atoms with Gasteiger partial charge < -0.3 is 48.7 Å². The molecular formula is C30H52F25O7Y7-7. The van der Waals surface area contributed by atoms with E-state index in [4.69, 9.17) is 0 Å². The fourth-order valence-corrected chi connectivity index (χ4v) is 0.801.